The van der Waals surface area contributed by atoms with Gasteiger partial charge in [-0.1, -0.05) is 0 Å². The maximum Gasteiger partial charge on any atom is 0.0849 e. The summed E-state index contributed by atoms with van der Waals surface area (Å²) in [7, 11) is 0. The lowest BCUT2D eigenvalue weighted by Gasteiger charge is -2.26. The normalized spacial score (nSPS) is 20.4. The fourth-order valence-corrected chi connectivity index (χ4v) is 2.14. The minimum Gasteiger partial charge on any atom is -0.388 e. The van der Waals surface area contributed by atoms with Crippen LogP contribution in [0.5, 0.6) is 0 Å². The number of hydrogen-bond acceptors (Lipinski definition) is 3. The van der Waals surface area contributed by atoms with E-state index in [0.29, 0.717) is 5.92 Å². The number of aromatic nitrogens is 2. The summed E-state index contributed by atoms with van der Waals surface area (Å²) in [6, 6.07) is 0. The van der Waals surface area contributed by atoms with Crippen molar-refractivity contribution in [3.63, 3.8) is 0 Å². The van der Waals surface area contributed by atoms with E-state index in [4.69, 9.17) is 0 Å². The fraction of sp³-hybridized carbons (Fsp3) is 0.727. The Hall–Kier alpha value is -0.870. The third-order valence-corrected chi connectivity index (χ3v) is 3.15. The van der Waals surface area contributed by atoms with Gasteiger partial charge in [-0.3, -0.25) is 4.68 Å². The Morgan fingerprint density at radius 1 is 1.60 bits per heavy atom. The summed E-state index contributed by atoms with van der Waals surface area (Å²) in [5.41, 5.74) is 0.962. The van der Waals surface area contributed by atoms with Crippen LogP contribution < -0.4 is 5.32 Å². The van der Waals surface area contributed by atoms with Crippen LogP contribution in [0.4, 0.5) is 0 Å². The van der Waals surface area contributed by atoms with Gasteiger partial charge in [-0.2, -0.15) is 5.10 Å². The summed E-state index contributed by atoms with van der Waals surface area (Å²) in [5.74, 6) is 0.390. The predicted molar refractivity (Wildman–Crippen MR) is 58.5 cm³/mol. The Kier molecular flexibility index (Phi) is 3.38. The van der Waals surface area contributed by atoms with E-state index in [9.17, 15) is 5.11 Å². The molecule has 1 aromatic heterocycles. The lowest BCUT2D eigenvalue weighted by molar-refractivity contribution is 0.0888. The van der Waals surface area contributed by atoms with Crippen molar-refractivity contribution in [2.45, 2.75) is 32.4 Å². The molecule has 4 heteroatoms. The number of nitrogens with zero attached hydrogens (tertiary/aromatic N) is 2. The van der Waals surface area contributed by atoms with E-state index < -0.39 is 0 Å². The monoisotopic (exact) mass is 209 g/mol. The van der Waals surface area contributed by atoms with Crippen LogP contribution in [0.3, 0.4) is 0 Å². The molecule has 0 saturated carbocycles. The van der Waals surface area contributed by atoms with Crippen LogP contribution in [-0.4, -0.2) is 28.0 Å². The molecule has 15 heavy (non-hydrogen) atoms. The number of piperidine rings is 1. The average molecular weight is 209 g/mol. The molecule has 1 aliphatic rings. The minimum absolute atomic E-state index is 0.340. The van der Waals surface area contributed by atoms with Gasteiger partial charge in [0.15, 0.2) is 0 Å². The lowest BCUT2D eigenvalue weighted by atomic mass is 9.89. The number of aryl methyl sites for hydroxylation is 1. The van der Waals surface area contributed by atoms with E-state index in [1.54, 1.807) is 6.20 Å². The highest BCUT2D eigenvalue weighted by Crippen LogP contribution is 2.28. The first-order valence-corrected chi connectivity index (χ1v) is 5.72. The number of hydrogen-bond donors (Lipinski definition) is 2. The Labute approximate surface area is 90.3 Å². The second-order valence-electron chi connectivity index (χ2n) is 4.16. The van der Waals surface area contributed by atoms with Crippen LogP contribution in [0.25, 0.3) is 0 Å². The van der Waals surface area contributed by atoms with Gasteiger partial charge < -0.3 is 10.4 Å². The summed E-state index contributed by atoms with van der Waals surface area (Å²) < 4.78 is 1.86. The SMILES string of the molecule is CCn1cc(C(O)C2CCNCC2)cn1. The predicted octanol–water partition coefficient (Wildman–Crippen LogP) is 0.936. The maximum atomic E-state index is 10.2. The first kappa shape index (κ1) is 10.6. The number of aliphatic hydroxyl groups is 1. The van der Waals surface area contributed by atoms with Crippen molar-refractivity contribution in [2.75, 3.05) is 13.1 Å². The Morgan fingerprint density at radius 3 is 2.93 bits per heavy atom. The van der Waals surface area contributed by atoms with Crippen LogP contribution in [0.15, 0.2) is 12.4 Å². The molecule has 0 spiro atoms. The smallest absolute Gasteiger partial charge is 0.0849 e. The van der Waals surface area contributed by atoms with Crippen molar-refractivity contribution in [1.82, 2.24) is 15.1 Å². The summed E-state index contributed by atoms with van der Waals surface area (Å²) >= 11 is 0. The van der Waals surface area contributed by atoms with Crippen LogP contribution >= 0.6 is 0 Å². The highest BCUT2D eigenvalue weighted by molar-refractivity contribution is 5.09. The molecule has 0 aliphatic carbocycles. The minimum atomic E-state index is -0.340. The zero-order chi connectivity index (χ0) is 10.7. The standard InChI is InChI=1S/C11H19N3O/c1-2-14-8-10(7-13-14)11(15)9-3-5-12-6-4-9/h7-9,11-12,15H,2-6H2,1H3. The summed E-state index contributed by atoms with van der Waals surface area (Å²) in [5, 5.41) is 17.7. The molecule has 1 fully saturated rings. The van der Waals surface area contributed by atoms with Crippen molar-refractivity contribution < 1.29 is 5.11 Å². The number of aliphatic hydroxyl groups excluding tert-OH is 1. The molecular weight excluding hydrogens is 190 g/mol. The molecule has 1 aliphatic heterocycles. The zero-order valence-corrected chi connectivity index (χ0v) is 9.19. The molecule has 2 heterocycles. The van der Waals surface area contributed by atoms with Crippen molar-refractivity contribution in [2.24, 2.45) is 5.92 Å². The van der Waals surface area contributed by atoms with E-state index in [-0.39, 0.29) is 6.10 Å². The Balaban J connectivity index is 2.02. The van der Waals surface area contributed by atoms with E-state index in [2.05, 4.69) is 10.4 Å². The third kappa shape index (κ3) is 2.38. The van der Waals surface area contributed by atoms with E-state index in [0.717, 1.165) is 38.0 Å². The Bertz CT molecular complexity index is 305. The molecule has 0 radical (unpaired) electrons. The van der Waals surface area contributed by atoms with Crippen LogP contribution in [0, 0.1) is 5.92 Å². The molecule has 0 bridgehead atoms. The van der Waals surface area contributed by atoms with Crippen molar-refractivity contribution in [3.05, 3.63) is 18.0 Å². The van der Waals surface area contributed by atoms with Gasteiger partial charge in [0, 0.05) is 18.3 Å². The third-order valence-electron chi connectivity index (χ3n) is 3.15. The summed E-state index contributed by atoms with van der Waals surface area (Å²) in [4.78, 5) is 0. The quantitative estimate of drug-likeness (QED) is 0.779. The van der Waals surface area contributed by atoms with E-state index in [1.807, 2.05) is 17.8 Å². The highest BCUT2D eigenvalue weighted by atomic mass is 16.3. The maximum absolute atomic E-state index is 10.2. The molecular formula is C11H19N3O. The molecule has 84 valence electrons. The van der Waals surface area contributed by atoms with Crippen molar-refractivity contribution >= 4 is 0 Å². The molecule has 4 nitrogen and oxygen atoms in total. The van der Waals surface area contributed by atoms with E-state index >= 15 is 0 Å². The van der Waals surface area contributed by atoms with Gasteiger partial charge in [0.2, 0.25) is 0 Å². The van der Waals surface area contributed by atoms with Gasteiger partial charge in [-0.15, -0.1) is 0 Å². The molecule has 0 amide bonds. The first-order valence-electron chi connectivity index (χ1n) is 5.72. The van der Waals surface area contributed by atoms with Gasteiger partial charge in [0.1, 0.15) is 0 Å². The fourth-order valence-electron chi connectivity index (χ4n) is 2.14. The van der Waals surface area contributed by atoms with Gasteiger partial charge in [-0.05, 0) is 38.8 Å². The average Bonchev–Trinajstić information content (AvgIpc) is 2.78. The summed E-state index contributed by atoms with van der Waals surface area (Å²) in [6.45, 7) is 4.94. The van der Waals surface area contributed by atoms with Gasteiger partial charge in [0.25, 0.3) is 0 Å². The largest absolute Gasteiger partial charge is 0.388 e. The topological polar surface area (TPSA) is 50.1 Å². The molecule has 1 unspecified atom stereocenters. The van der Waals surface area contributed by atoms with Crippen LogP contribution in [0.1, 0.15) is 31.4 Å². The van der Waals surface area contributed by atoms with E-state index in [1.165, 1.54) is 0 Å². The second kappa shape index (κ2) is 4.77. The molecule has 0 aromatic carbocycles. The van der Waals surface area contributed by atoms with Gasteiger partial charge >= 0.3 is 0 Å². The lowest BCUT2D eigenvalue weighted by Crippen LogP contribution is -2.30. The Morgan fingerprint density at radius 2 is 2.33 bits per heavy atom. The molecule has 1 aromatic rings. The highest BCUT2D eigenvalue weighted by Gasteiger charge is 2.23. The molecule has 1 atom stereocenters. The zero-order valence-electron chi connectivity index (χ0n) is 9.19. The van der Waals surface area contributed by atoms with Crippen LogP contribution in [0.2, 0.25) is 0 Å². The number of rotatable bonds is 3. The van der Waals surface area contributed by atoms with Crippen molar-refractivity contribution in [1.29, 1.82) is 0 Å². The molecule has 2 N–H and O–H groups in total. The summed E-state index contributed by atoms with van der Waals surface area (Å²) in [6.07, 6.45) is 5.51. The molecule has 1 saturated heterocycles. The second-order valence-corrected chi connectivity index (χ2v) is 4.16. The van der Waals surface area contributed by atoms with Crippen molar-refractivity contribution in [3.8, 4) is 0 Å². The van der Waals surface area contributed by atoms with Gasteiger partial charge in [-0.25, -0.2) is 0 Å². The number of nitrogens with one attached hydrogen (secondary N) is 1. The van der Waals surface area contributed by atoms with Gasteiger partial charge in [0.05, 0.1) is 12.3 Å². The van der Waals surface area contributed by atoms with Crippen LogP contribution in [-0.2, 0) is 6.54 Å². The molecule has 2 rings (SSSR count). The first-order chi connectivity index (χ1) is 7.31.